The van der Waals surface area contributed by atoms with Gasteiger partial charge in [0, 0.05) is 17.8 Å². The van der Waals surface area contributed by atoms with E-state index < -0.39 is 0 Å². The third kappa shape index (κ3) is 3.66. The Bertz CT molecular complexity index is 376. The van der Waals surface area contributed by atoms with Crippen LogP contribution in [0.4, 0.5) is 5.69 Å². The minimum Gasteiger partial charge on any atom is -0.494 e. The normalized spacial score (nSPS) is 19.5. The quantitative estimate of drug-likeness (QED) is 0.847. The number of ether oxygens (including phenoxy) is 1. The molecule has 2 rings (SSSR count). The van der Waals surface area contributed by atoms with Gasteiger partial charge >= 0.3 is 0 Å². The second kappa shape index (κ2) is 5.64. The molecule has 2 nitrogen and oxygen atoms in total. The molecule has 0 radical (unpaired) electrons. The highest BCUT2D eigenvalue weighted by Gasteiger charge is 2.26. The molecule has 1 N–H and O–H groups in total. The van der Waals surface area contributed by atoms with Crippen LogP contribution in [0, 0.1) is 5.41 Å². The van der Waals surface area contributed by atoms with Gasteiger partial charge in [-0.2, -0.15) is 0 Å². The number of hydrogen-bond acceptors (Lipinski definition) is 2. The molecule has 0 amide bonds. The molecule has 1 aliphatic carbocycles. The van der Waals surface area contributed by atoms with Gasteiger partial charge in [-0.05, 0) is 50.2 Å². The molecule has 0 aliphatic heterocycles. The average molecular weight is 247 g/mol. The van der Waals surface area contributed by atoms with Crippen molar-refractivity contribution in [3.05, 3.63) is 24.3 Å². The molecule has 1 aromatic carbocycles. The molecule has 1 saturated carbocycles. The van der Waals surface area contributed by atoms with Gasteiger partial charge in [0.25, 0.3) is 0 Å². The van der Waals surface area contributed by atoms with Gasteiger partial charge < -0.3 is 10.1 Å². The van der Waals surface area contributed by atoms with Crippen LogP contribution in [-0.4, -0.2) is 12.6 Å². The highest BCUT2D eigenvalue weighted by Crippen LogP contribution is 2.36. The zero-order valence-corrected chi connectivity index (χ0v) is 11.8. The van der Waals surface area contributed by atoms with E-state index in [1.165, 1.54) is 31.4 Å². The van der Waals surface area contributed by atoms with Crippen LogP contribution in [-0.2, 0) is 0 Å². The van der Waals surface area contributed by atoms with Gasteiger partial charge in [-0.1, -0.05) is 19.9 Å². The minimum absolute atomic E-state index is 0.533. The summed E-state index contributed by atoms with van der Waals surface area (Å²) >= 11 is 0. The Balaban J connectivity index is 1.91. The number of hydrogen-bond donors (Lipinski definition) is 1. The first-order chi connectivity index (χ1) is 8.59. The van der Waals surface area contributed by atoms with E-state index in [9.17, 15) is 0 Å². The molecule has 0 unspecified atom stereocenters. The third-order valence-electron chi connectivity index (χ3n) is 3.85. The standard InChI is InChI=1S/C16H25NO/c1-4-18-15-7-5-6-14(12-15)17-13-8-10-16(2,3)11-9-13/h5-7,12-13,17H,4,8-11H2,1-3H3. The van der Waals surface area contributed by atoms with Crippen molar-refractivity contribution in [3.8, 4) is 5.75 Å². The first-order valence-electron chi connectivity index (χ1n) is 7.08. The first kappa shape index (κ1) is 13.3. The molecule has 1 fully saturated rings. The van der Waals surface area contributed by atoms with E-state index in [1.54, 1.807) is 0 Å². The topological polar surface area (TPSA) is 21.3 Å². The summed E-state index contributed by atoms with van der Waals surface area (Å²) in [6.45, 7) is 7.49. The maximum atomic E-state index is 5.53. The van der Waals surface area contributed by atoms with Crippen LogP contribution < -0.4 is 10.1 Å². The maximum absolute atomic E-state index is 5.53. The van der Waals surface area contributed by atoms with Crippen LogP contribution in [0.2, 0.25) is 0 Å². The molecule has 0 heterocycles. The van der Waals surface area contributed by atoms with Gasteiger partial charge in [0.2, 0.25) is 0 Å². The zero-order valence-electron chi connectivity index (χ0n) is 11.8. The molecule has 0 bridgehead atoms. The van der Waals surface area contributed by atoms with Gasteiger partial charge in [0.05, 0.1) is 6.61 Å². The van der Waals surface area contributed by atoms with Crippen molar-refractivity contribution in [2.45, 2.75) is 52.5 Å². The fourth-order valence-electron chi connectivity index (χ4n) is 2.62. The van der Waals surface area contributed by atoms with E-state index in [0.29, 0.717) is 11.5 Å². The number of nitrogens with one attached hydrogen (secondary N) is 1. The summed E-state index contributed by atoms with van der Waals surface area (Å²) in [7, 11) is 0. The Morgan fingerprint density at radius 1 is 1.28 bits per heavy atom. The molecular formula is C16H25NO. The van der Waals surface area contributed by atoms with E-state index >= 15 is 0 Å². The van der Waals surface area contributed by atoms with Crippen LogP contribution in [0.25, 0.3) is 0 Å². The molecular weight excluding hydrogens is 222 g/mol. The van der Waals surface area contributed by atoms with Crippen LogP contribution in [0.15, 0.2) is 24.3 Å². The highest BCUT2D eigenvalue weighted by molar-refractivity contribution is 5.48. The summed E-state index contributed by atoms with van der Waals surface area (Å²) in [5, 5.41) is 3.64. The molecule has 100 valence electrons. The Kier molecular flexibility index (Phi) is 4.15. The lowest BCUT2D eigenvalue weighted by Gasteiger charge is -2.35. The Labute approximate surface area is 111 Å². The van der Waals surface area contributed by atoms with Crippen molar-refractivity contribution >= 4 is 5.69 Å². The van der Waals surface area contributed by atoms with E-state index in [0.717, 1.165) is 12.4 Å². The van der Waals surface area contributed by atoms with E-state index in [2.05, 4.69) is 37.4 Å². The molecule has 0 saturated heterocycles. The summed E-state index contributed by atoms with van der Waals surface area (Å²) in [5.74, 6) is 0.957. The lowest BCUT2D eigenvalue weighted by molar-refractivity contribution is 0.232. The van der Waals surface area contributed by atoms with Gasteiger partial charge in [0.15, 0.2) is 0 Å². The largest absolute Gasteiger partial charge is 0.494 e. The number of anilines is 1. The smallest absolute Gasteiger partial charge is 0.121 e. The summed E-state index contributed by atoms with van der Waals surface area (Å²) in [6, 6.07) is 8.92. The molecule has 0 spiro atoms. The zero-order chi connectivity index (χ0) is 13.0. The summed E-state index contributed by atoms with van der Waals surface area (Å²) in [4.78, 5) is 0. The Morgan fingerprint density at radius 2 is 2.00 bits per heavy atom. The van der Waals surface area contributed by atoms with E-state index in [1.807, 2.05) is 13.0 Å². The molecule has 18 heavy (non-hydrogen) atoms. The Hall–Kier alpha value is -1.18. The van der Waals surface area contributed by atoms with Gasteiger partial charge in [-0.3, -0.25) is 0 Å². The van der Waals surface area contributed by atoms with Crippen LogP contribution in [0.3, 0.4) is 0 Å². The molecule has 2 heteroatoms. The molecule has 1 aliphatic rings. The Morgan fingerprint density at radius 3 is 2.67 bits per heavy atom. The number of rotatable bonds is 4. The lowest BCUT2D eigenvalue weighted by atomic mass is 9.75. The summed E-state index contributed by atoms with van der Waals surface area (Å²) in [5.41, 5.74) is 1.72. The SMILES string of the molecule is CCOc1cccc(NC2CCC(C)(C)CC2)c1. The minimum atomic E-state index is 0.533. The van der Waals surface area contributed by atoms with E-state index in [4.69, 9.17) is 4.74 Å². The highest BCUT2D eigenvalue weighted by atomic mass is 16.5. The van der Waals surface area contributed by atoms with Gasteiger partial charge in [-0.15, -0.1) is 0 Å². The first-order valence-corrected chi connectivity index (χ1v) is 7.08. The van der Waals surface area contributed by atoms with Crippen LogP contribution in [0.1, 0.15) is 46.5 Å². The molecule has 0 atom stereocenters. The third-order valence-corrected chi connectivity index (χ3v) is 3.85. The van der Waals surface area contributed by atoms with Gasteiger partial charge in [0.1, 0.15) is 5.75 Å². The maximum Gasteiger partial charge on any atom is 0.121 e. The fourth-order valence-corrected chi connectivity index (χ4v) is 2.62. The predicted octanol–water partition coefficient (Wildman–Crippen LogP) is 4.47. The number of benzene rings is 1. The van der Waals surface area contributed by atoms with Crippen molar-refractivity contribution in [1.29, 1.82) is 0 Å². The molecule has 1 aromatic rings. The van der Waals surface area contributed by atoms with Crippen molar-refractivity contribution in [3.63, 3.8) is 0 Å². The second-order valence-electron chi connectivity index (χ2n) is 6.04. The fraction of sp³-hybridized carbons (Fsp3) is 0.625. The predicted molar refractivity (Wildman–Crippen MR) is 77.3 cm³/mol. The van der Waals surface area contributed by atoms with Crippen molar-refractivity contribution < 1.29 is 4.74 Å². The monoisotopic (exact) mass is 247 g/mol. The average Bonchev–Trinajstić information content (AvgIpc) is 2.33. The van der Waals surface area contributed by atoms with Crippen molar-refractivity contribution in [2.24, 2.45) is 5.41 Å². The van der Waals surface area contributed by atoms with Crippen molar-refractivity contribution in [2.75, 3.05) is 11.9 Å². The van der Waals surface area contributed by atoms with Crippen LogP contribution >= 0.6 is 0 Å². The second-order valence-corrected chi connectivity index (χ2v) is 6.04. The van der Waals surface area contributed by atoms with E-state index in [-0.39, 0.29) is 0 Å². The lowest BCUT2D eigenvalue weighted by Crippen LogP contribution is -2.29. The summed E-state index contributed by atoms with van der Waals surface area (Å²) in [6.07, 6.45) is 5.17. The van der Waals surface area contributed by atoms with Gasteiger partial charge in [-0.25, -0.2) is 0 Å². The molecule has 0 aromatic heterocycles. The van der Waals surface area contributed by atoms with Crippen molar-refractivity contribution in [1.82, 2.24) is 0 Å². The summed E-state index contributed by atoms with van der Waals surface area (Å²) < 4.78 is 5.53. The van der Waals surface area contributed by atoms with Crippen LogP contribution in [0.5, 0.6) is 5.75 Å².